The minimum absolute atomic E-state index is 0.184. The molecule has 0 aromatic carbocycles. The van der Waals surface area contributed by atoms with E-state index < -0.39 is 22.9 Å². The van der Waals surface area contributed by atoms with Gasteiger partial charge in [-0.2, -0.15) is 0 Å². The highest BCUT2D eigenvalue weighted by Gasteiger charge is 2.29. The van der Waals surface area contributed by atoms with Crippen LogP contribution < -0.4 is 11.2 Å². The van der Waals surface area contributed by atoms with Crippen LogP contribution in [0.3, 0.4) is 0 Å². The molecule has 0 amide bonds. The lowest BCUT2D eigenvalue weighted by Gasteiger charge is -2.17. The van der Waals surface area contributed by atoms with E-state index in [2.05, 4.69) is 4.98 Å². The Kier molecular flexibility index (Phi) is 4.73. The second kappa shape index (κ2) is 6.30. The minimum Gasteiger partial charge on any atom is -0.294 e. The van der Waals surface area contributed by atoms with Gasteiger partial charge in [-0.05, 0) is 31.4 Å². The number of halogens is 2. The van der Waals surface area contributed by atoms with Crippen LogP contribution in [0.5, 0.6) is 0 Å². The summed E-state index contributed by atoms with van der Waals surface area (Å²) in [5, 5.41) is 0. The number of hydrogen-bond acceptors (Lipinski definition) is 3. The molecule has 0 saturated carbocycles. The highest BCUT2D eigenvalue weighted by molar-refractivity contribution is 5.38. The zero-order chi connectivity index (χ0) is 18.2. The first kappa shape index (κ1) is 18.0. The van der Waals surface area contributed by atoms with Crippen molar-refractivity contribution in [2.45, 2.75) is 46.5 Å². The van der Waals surface area contributed by atoms with Gasteiger partial charge in [-0.25, -0.2) is 23.1 Å². The molecule has 0 saturated heterocycles. The fourth-order valence-corrected chi connectivity index (χ4v) is 2.74. The molecule has 0 radical (unpaired) electrons. The minimum atomic E-state index is -3.28. The summed E-state index contributed by atoms with van der Waals surface area (Å²) in [6.45, 7) is 6.25. The standard InChI is InChI=1S/C17H21F2N3O2/c1-6-7-12-8-10(2)15(20-11(12)3)22-14(23)9-13(17(4,18)19)21(5)16(22)24/h8-9H,6-7H2,1-5H3. The van der Waals surface area contributed by atoms with Crippen LogP contribution in [0, 0.1) is 13.8 Å². The highest BCUT2D eigenvalue weighted by Crippen LogP contribution is 2.24. The lowest BCUT2D eigenvalue weighted by molar-refractivity contribution is 0.00824. The molecule has 7 heteroatoms. The molecular formula is C17H21F2N3O2. The number of alkyl halides is 2. The second-order valence-corrected chi connectivity index (χ2v) is 6.06. The first-order valence-corrected chi connectivity index (χ1v) is 7.76. The van der Waals surface area contributed by atoms with E-state index in [1.165, 1.54) is 7.05 Å². The predicted molar refractivity (Wildman–Crippen MR) is 88.1 cm³/mol. The summed E-state index contributed by atoms with van der Waals surface area (Å²) in [5.41, 5.74) is 0.145. The van der Waals surface area contributed by atoms with Crippen LogP contribution in [0.25, 0.3) is 5.82 Å². The van der Waals surface area contributed by atoms with Crippen molar-refractivity contribution in [1.82, 2.24) is 14.1 Å². The Labute approximate surface area is 138 Å². The summed E-state index contributed by atoms with van der Waals surface area (Å²) in [6, 6.07) is 2.67. The van der Waals surface area contributed by atoms with E-state index in [0.717, 1.165) is 39.3 Å². The summed E-state index contributed by atoms with van der Waals surface area (Å²) in [7, 11) is 1.22. The van der Waals surface area contributed by atoms with Crippen molar-refractivity contribution in [3.8, 4) is 5.82 Å². The zero-order valence-electron chi connectivity index (χ0n) is 14.5. The molecule has 0 atom stereocenters. The van der Waals surface area contributed by atoms with Gasteiger partial charge < -0.3 is 0 Å². The van der Waals surface area contributed by atoms with Crippen molar-refractivity contribution in [2.24, 2.45) is 7.05 Å². The zero-order valence-corrected chi connectivity index (χ0v) is 14.5. The summed E-state index contributed by atoms with van der Waals surface area (Å²) in [5.74, 6) is -3.10. The van der Waals surface area contributed by atoms with Crippen LogP contribution in [-0.2, 0) is 19.4 Å². The van der Waals surface area contributed by atoms with Gasteiger partial charge in [0.1, 0.15) is 5.82 Å². The van der Waals surface area contributed by atoms with E-state index in [9.17, 15) is 18.4 Å². The van der Waals surface area contributed by atoms with E-state index in [1.807, 2.05) is 13.0 Å². The number of hydrogen-bond donors (Lipinski definition) is 0. The first-order valence-electron chi connectivity index (χ1n) is 7.76. The highest BCUT2D eigenvalue weighted by atomic mass is 19.3. The Balaban J connectivity index is 2.76. The van der Waals surface area contributed by atoms with Crippen molar-refractivity contribution in [3.63, 3.8) is 0 Å². The molecule has 2 rings (SSSR count). The van der Waals surface area contributed by atoms with Gasteiger partial charge in [0.2, 0.25) is 0 Å². The average Bonchev–Trinajstić information content (AvgIpc) is 2.47. The van der Waals surface area contributed by atoms with Crippen LogP contribution in [0.15, 0.2) is 21.7 Å². The molecule has 0 aliphatic rings. The quantitative estimate of drug-likeness (QED) is 0.862. The van der Waals surface area contributed by atoms with Crippen LogP contribution in [0.2, 0.25) is 0 Å². The van der Waals surface area contributed by atoms with Crippen LogP contribution >= 0.6 is 0 Å². The SMILES string of the molecule is CCCc1cc(C)c(-n2c(=O)cc(C(C)(F)F)n(C)c2=O)nc1C. The van der Waals surface area contributed by atoms with Crippen molar-refractivity contribution in [1.29, 1.82) is 0 Å². The fraction of sp³-hybridized carbons (Fsp3) is 0.471. The largest absolute Gasteiger partial charge is 0.337 e. The third kappa shape index (κ3) is 3.16. The molecule has 24 heavy (non-hydrogen) atoms. The molecule has 130 valence electrons. The van der Waals surface area contributed by atoms with Gasteiger partial charge >= 0.3 is 5.69 Å². The fourth-order valence-electron chi connectivity index (χ4n) is 2.74. The molecule has 0 unspecified atom stereocenters. The Morgan fingerprint density at radius 3 is 2.38 bits per heavy atom. The number of aromatic nitrogens is 3. The molecule has 2 aromatic rings. The molecule has 2 aromatic heterocycles. The average molecular weight is 337 g/mol. The molecule has 0 aliphatic carbocycles. The molecule has 2 heterocycles. The van der Waals surface area contributed by atoms with Gasteiger partial charge in [0.05, 0.1) is 5.69 Å². The summed E-state index contributed by atoms with van der Waals surface area (Å²) < 4.78 is 28.8. The molecule has 0 N–H and O–H groups in total. The van der Waals surface area contributed by atoms with Gasteiger partial charge in [0.25, 0.3) is 11.5 Å². The lowest BCUT2D eigenvalue weighted by Crippen LogP contribution is -2.41. The van der Waals surface area contributed by atoms with Crippen molar-refractivity contribution >= 4 is 0 Å². The summed E-state index contributed by atoms with van der Waals surface area (Å²) >= 11 is 0. The van der Waals surface area contributed by atoms with E-state index in [-0.39, 0.29) is 5.82 Å². The van der Waals surface area contributed by atoms with E-state index in [4.69, 9.17) is 0 Å². The number of pyridine rings is 1. The van der Waals surface area contributed by atoms with Crippen LogP contribution in [0.1, 0.15) is 42.8 Å². The van der Waals surface area contributed by atoms with Crippen LogP contribution in [-0.4, -0.2) is 14.1 Å². The topological polar surface area (TPSA) is 56.9 Å². The van der Waals surface area contributed by atoms with Gasteiger partial charge in [-0.1, -0.05) is 19.4 Å². The number of aryl methyl sites for hydroxylation is 3. The summed E-state index contributed by atoms with van der Waals surface area (Å²) in [6.07, 6.45) is 1.79. The maximum atomic E-state index is 13.6. The maximum absolute atomic E-state index is 13.6. The number of rotatable bonds is 4. The Morgan fingerprint density at radius 1 is 1.21 bits per heavy atom. The van der Waals surface area contributed by atoms with Gasteiger partial charge in [0, 0.05) is 25.7 Å². The molecular weight excluding hydrogens is 316 g/mol. The van der Waals surface area contributed by atoms with Gasteiger partial charge in [-0.3, -0.25) is 9.36 Å². The first-order chi connectivity index (χ1) is 11.1. The number of nitrogens with zero attached hydrogens (tertiary/aromatic N) is 3. The molecule has 0 spiro atoms. The third-order valence-corrected chi connectivity index (χ3v) is 3.98. The lowest BCUT2D eigenvalue weighted by atomic mass is 10.1. The normalized spacial score (nSPS) is 11.8. The van der Waals surface area contributed by atoms with E-state index in [0.29, 0.717) is 12.5 Å². The smallest absolute Gasteiger partial charge is 0.294 e. The third-order valence-electron chi connectivity index (χ3n) is 3.98. The van der Waals surface area contributed by atoms with Gasteiger partial charge in [0.15, 0.2) is 0 Å². The molecule has 0 fully saturated rings. The van der Waals surface area contributed by atoms with Crippen molar-refractivity contribution in [3.05, 3.63) is 55.5 Å². The summed E-state index contributed by atoms with van der Waals surface area (Å²) in [4.78, 5) is 29.2. The second-order valence-electron chi connectivity index (χ2n) is 6.06. The Bertz CT molecular complexity index is 892. The Hall–Kier alpha value is -2.31. The van der Waals surface area contributed by atoms with E-state index >= 15 is 0 Å². The molecule has 5 nitrogen and oxygen atoms in total. The molecule has 0 bridgehead atoms. The maximum Gasteiger partial charge on any atom is 0.337 e. The van der Waals surface area contributed by atoms with Crippen molar-refractivity contribution < 1.29 is 8.78 Å². The van der Waals surface area contributed by atoms with Gasteiger partial charge in [-0.15, -0.1) is 0 Å². The predicted octanol–water partition coefficient (Wildman–Crippen LogP) is 2.61. The van der Waals surface area contributed by atoms with Crippen LogP contribution in [0.4, 0.5) is 8.78 Å². The Morgan fingerprint density at radius 2 is 1.83 bits per heavy atom. The van der Waals surface area contributed by atoms with Crippen molar-refractivity contribution in [2.75, 3.05) is 0 Å². The monoisotopic (exact) mass is 337 g/mol. The van der Waals surface area contributed by atoms with E-state index in [1.54, 1.807) is 13.8 Å². The molecule has 0 aliphatic heterocycles.